The highest BCUT2D eigenvalue weighted by molar-refractivity contribution is 5.86. The lowest BCUT2D eigenvalue weighted by Gasteiger charge is -2.05. The highest BCUT2D eigenvalue weighted by Crippen LogP contribution is 2.11. The zero-order chi connectivity index (χ0) is 16.5. The van der Waals surface area contributed by atoms with Gasteiger partial charge in [-0.1, -0.05) is 64.9 Å². The van der Waals surface area contributed by atoms with Crippen molar-refractivity contribution in [1.29, 1.82) is 0 Å². The summed E-state index contributed by atoms with van der Waals surface area (Å²) in [6.07, 6.45) is 13.7. The lowest BCUT2D eigenvalue weighted by molar-refractivity contribution is -0.139. The molecule has 0 amide bonds. The van der Waals surface area contributed by atoms with Gasteiger partial charge >= 0.3 is 5.97 Å². The van der Waals surface area contributed by atoms with E-state index in [1.54, 1.807) is 6.92 Å². The molecule has 0 aliphatic heterocycles. The highest BCUT2D eigenvalue weighted by atomic mass is 16.5. The van der Waals surface area contributed by atoms with Crippen molar-refractivity contribution in [2.24, 2.45) is 0 Å². The van der Waals surface area contributed by atoms with Crippen LogP contribution in [-0.4, -0.2) is 25.8 Å². The van der Waals surface area contributed by atoms with Gasteiger partial charge in [0.1, 0.15) is 0 Å². The molecule has 0 saturated heterocycles. The van der Waals surface area contributed by atoms with Crippen LogP contribution in [0.3, 0.4) is 0 Å². The minimum absolute atomic E-state index is 0.264. The van der Waals surface area contributed by atoms with Crippen LogP contribution in [0.2, 0.25) is 0 Å². The summed E-state index contributed by atoms with van der Waals surface area (Å²) in [7, 11) is 0. The summed E-state index contributed by atoms with van der Waals surface area (Å²) in [5, 5.41) is 0. The van der Waals surface area contributed by atoms with Gasteiger partial charge in [-0.05, 0) is 26.2 Å². The van der Waals surface area contributed by atoms with Crippen LogP contribution in [0.15, 0.2) is 12.2 Å². The summed E-state index contributed by atoms with van der Waals surface area (Å²) in [6.45, 7) is 9.77. The fraction of sp³-hybridized carbons (Fsp3) is 0.842. The SMILES string of the molecule is C=C(C)C(=O)OCCCCCCCCCCCCOCCC. The topological polar surface area (TPSA) is 35.5 Å². The molecule has 0 aromatic heterocycles. The van der Waals surface area contributed by atoms with E-state index in [4.69, 9.17) is 9.47 Å². The largest absolute Gasteiger partial charge is 0.462 e. The van der Waals surface area contributed by atoms with Crippen LogP contribution in [0.1, 0.15) is 84.5 Å². The van der Waals surface area contributed by atoms with Crippen LogP contribution in [0.25, 0.3) is 0 Å². The fourth-order valence-corrected chi connectivity index (χ4v) is 2.25. The Labute approximate surface area is 137 Å². The molecular formula is C19H36O3. The molecule has 0 aliphatic rings. The van der Waals surface area contributed by atoms with Gasteiger partial charge in [0.2, 0.25) is 0 Å². The van der Waals surface area contributed by atoms with Gasteiger partial charge in [-0.2, -0.15) is 0 Å². The average molecular weight is 312 g/mol. The summed E-state index contributed by atoms with van der Waals surface area (Å²) in [4.78, 5) is 11.1. The third kappa shape index (κ3) is 15.6. The summed E-state index contributed by atoms with van der Waals surface area (Å²) in [6, 6.07) is 0. The Morgan fingerprint density at radius 3 is 1.68 bits per heavy atom. The lowest BCUT2D eigenvalue weighted by atomic mass is 10.1. The minimum atomic E-state index is -0.264. The van der Waals surface area contributed by atoms with Crippen LogP contribution in [0, 0.1) is 0 Å². The zero-order valence-electron chi connectivity index (χ0n) is 14.8. The van der Waals surface area contributed by atoms with Crippen molar-refractivity contribution in [1.82, 2.24) is 0 Å². The molecule has 0 heterocycles. The van der Waals surface area contributed by atoms with Crippen molar-refractivity contribution >= 4 is 5.97 Å². The Kier molecular flexibility index (Phi) is 15.9. The first kappa shape index (κ1) is 21.2. The number of hydrogen-bond acceptors (Lipinski definition) is 3. The van der Waals surface area contributed by atoms with Crippen molar-refractivity contribution in [3.8, 4) is 0 Å². The van der Waals surface area contributed by atoms with Crippen molar-refractivity contribution in [2.75, 3.05) is 19.8 Å². The van der Waals surface area contributed by atoms with Gasteiger partial charge < -0.3 is 9.47 Å². The second-order valence-corrected chi connectivity index (χ2v) is 6.06. The van der Waals surface area contributed by atoms with Crippen LogP contribution in [0.4, 0.5) is 0 Å². The average Bonchev–Trinajstić information content (AvgIpc) is 2.50. The normalized spacial score (nSPS) is 10.6. The van der Waals surface area contributed by atoms with Crippen LogP contribution in [-0.2, 0) is 14.3 Å². The molecule has 0 atom stereocenters. The molecule has 0 fully saturated rings. The number of carbonyl (C=O) groups excluding carboxylic acids is 1. The molecule has 22 heavy (non-hydrogen) atoms. The van der Waals surface area contributed by atoms with E-state index in [0.717, 1.165) is 32.5 Å². The highest BCUT2D eigenvalue weighted by Gasteiger charge is 2.01. The number of esters is 1. The first-order valence-corrected chi connectivity index (χ1v) is 9.08. The summed E-state index contributed by atoms with van der Waals surface area (Å²) in [5.41, 5.74) is 0.483. The number of unbranched alkanes of at least 4 members (excludes halogenated alkanes) is 9. The summed E-state index contributed by atoms with van der Waals surface area (Å²) >= 11 is 0. The molecule has 0 spiro atoms. The maximum absolute atomic E-state index is 11.1. The van der Waals surface area contributed by atoms with Crippen LogP contribution < -0.4 is 0 Å². The third-order valence-electron chi connectivity index (χ3n) is 3.61. The molecule has 0 unspecified atom stereocenters. The maximum atomic E-state index is 11.1. The molecule has 3 nitrogen and oxygen atoms in total. The smallest absolute Gasteiger partial charge is 0.333 e. The molecule has 0 aromatic carbocycles. The van der Waals surface area contributed by atoms with Crippen molar-refractivity contribution < 1.29 is 14.3 Å². The first-order valence-electron chi connectivity index (χ1n) is 9.08. The molecule has 3 heteroatoms. The van der Waals surface area contributed by atoms with Gasteiger partial charge in [0, 0.05) is 18.8 Å². The van der Waals surface area contributed by atoms with E-state index >= 15 is 0 Å². The number of rotatable bonds is 16. The number of carbonyl (C=O) groups is 1. The monoisotopic (exact) mass is 312 g/mol. The molecular weight excluding hydrogens is 276 g/mol. The van der Waals surface area contributed by atoms with Gasteiger partial charge in [0.05, 0.1) is 6.61 Å². The molecule has 0 N–H and O–H groups in total. The third-order valence-corrected chi connectivity index (χ3v) is 3.61. The van der Waals surface area contributed by atoms with E-state index < -0.39 is 0 Å². The molecule has 130 valence electrons. The predicted molar refractivity (Wildman–Crippen MR) is 93.1 cm³/mol. The summed E-state index contributed by atoms with van der Waals surface area (Å²) in [5.74, 6) is -0.264. The Hall–Kier alpha value is -0.830. The van der Waals surface area contributed by atoms with E-state index in [-0.39, 0.29) is 5.97 Å². The fourth-order valence-electron chi connectivity index (χ4n) is 2.25. The van der Waals surface area contributed by atoms with E-state index in [1.165, 1.54) is 51.4 Å². The number of ether oxygens (including phenoxy) is 2. The Bertz CT molecular complexity index is 274. The Balaban J connectivity index is 3.05. The standard InChI is InChI=1S/C19H36O3/c1-4-15-21-16-13-11-9-7-5-6-8-10-12-14-17-22-19(20)18(2)3/h2,4-17H2,1,3H3. The van der Waals surface area contributed by atoms with Crippen molar-refractivity contribution in [3.05, 3.63) is 12.2 Å². The van der Waals surface area contributed by atoms with Gasteiger partial charge in [0.25, 0.3) is 0 Å². The maximum Gasteiger partial charge on any atom is 0.333 e. The van der Waals surface area contributed by atoms with Crippen LogP contribution >= 0.6 is 0 Å². The van der Waals surface area contributed by atoms with E-state index in [2.05, 4.69) is 13.5 Å². The zero-order valence-corrected chi connectivity index (χ0v) is 14.8. The molecule has 0 bridgehead atoms. The quantitative estimate of drug-likeness (QED) is 0.216. The summed E-state index contributed by atoms with van der Waals surface area (Å²) < 4.78 is 10.5. The van der Waals surface area contributed by atoms with Crippen LogP contribution in [0.5, 0.6) is 0 Å². The predicted octanol–water partition coefficient (Wildman–Crippen LogP) is 5.43. The second-order valence-electron chi connectivity index (χ2n) is 6.06. The van der Waals surface area contributed by atoms with Gasteiger partial charge in [-0.3, -0.25) is 0 Å². The van der Waals surface area contributed by atoms with E-state index in [1.807, 2.05) is 0 Å². The van der Waals surface area contributed by atoms with Gasteiger partial charge in [0.15, 0.2) is 0 Å². The van der Waals surface area contributed by atoms with Gasteiger partial charge in [-0.25, -0.2) is 4.79 Å². The Morgan fingerprint density at radius 1 is 0.773 bits per heavy atom. The Morgan fingerprint density at radius 2 is 1.23 bits per heavy atom. The first-order chi connectivity index (χ1) is 10.7. The minimum Gasteiger partial charge on any atom is -0.462 e. The second kappa shape index (κ2) is 16.5. The molecule has 0 aromatic rings. The van der Waals surface area contributed by atoms with E-state index in [0.29, 0.717) is 12.2 Å². The van der Waals surface area contributed by atoms with Crippen molar-refractivity contribution in [3.63, 3.8) is 0 Å². The van der Waals surface area contributed by atoms with Crippen molar-refractivity contribution in [2.45, 2.75) is 84.5 Å². The molecule has 0 saturated carbocycles. The lowest BCUT2D eigenvalue weighted by Crippen LogP contribution is -2.05. The molecule has 0 rings (SSSR count). The number of hydrogen-bond donors (Lipinski definition) is 0. The molecule has 0 aliphatic carbocycles. The van der Waals surface area contributed by atoms with Gasteiger partial charge in [-0.15, -0.1) is 0 Å². The van der Waals surface area contributed by atoms with E-state index in [9.17, 15) is 4.79 Å². The molecule has 0 radical (unpaired) electrons.